The molecule has 29 heavy (non-hydrogen) atoms. The van der Waals surface area contributed by atoms with Gasteiger partial charge in [0.1, 0.15) is 16.9 Å². The Morgan fingerprint density at radius 3 is 2.69 bits per heavy atom. The minimum absolute atomic E-state index is 0.119. The van der Waals surface area contributed by atoms with Gasteiger partial charge in [0, 0.05) is 18.7 Å². The molecular weight excluding hydrogens is 383 g/mol. The quantitative estimate of drug-likeness (QED) is 0.737. The molecule has 1 N–H and O–H groups in total. The third-order valence-electron chi connectivity index (χ3n) is 6.11. The first-order valence-corrected chi connectivity index (χ1v) is 9.54. The van der Waals surface area contributed by atoms with Crippen LogP contribution in [0.1, 0.15) is 40.9 Å². The number of carbonyl (C=O) groups is 1. The first kappa shape index (κ1) is 18.3. The number of amidine groups is 1. The van der Waals surface area contributed by atoms with E-state index < -0.39 is 29.3 Å². The number of nitrogens with zero attached hydrogens (tertiary/aromatic N) is 3. The van der Waals surface area contributed by atoms with Gasteiger partial charge in [0.05, 0.1) is 11.8 Å². The van der Waals surface area contributed by atoms with Crippen LogP contribution >= 0.6 is 0 Å². The van der Waals surface area contributed by atoms with Crippen LogP contribution in [0.5, 0.6) is 0 Å². The number of hydrogen-bond acceptors (Lipinski definition) is 4. The Bertz CT molecular complexity index is 1050. The summed E-state index contributed by atoms with van der Waals surface area (Å²) in [7, 11) is 0. The SMILES string of the molecule is O=C1N=C(N2CC[C@@H](O)C2)c2ccc(C(F)(F)F)nc2[C@@]12CCc1ccccc12. The predicted molar refractivity (Wildman–Crippen MR) is 98.5 cm³/mol. The zero-order valence-electron chi connectivity index (χ0n) is 15.4. The maximum absolute atomic E-state index is 13.5. The second-order valence-corrected chi connectivity index (χ2v) is 7.78. The van der Waals surface area contributed by atoms with E-state index in [4.69, 9.17) is 0 Å². The zero-order valence-corrected chi connectivity index (χ0v) is 15.4. The number of aliphatic hydroxyl groups is 1. The number of pyridine rings is 1. The highest BCUT2D eigenvalue weighted by Gasteiger charge is 2.53. The number of carbonyl (C=O) groups excluding carboxylic acids is 1. The molecule has 3 heterocycles. The highest BCUT2D eigenvalue weighted by molar-refractivity contribution is 6.13. The van der Waals surface area contributed by atoms with Crippen LogP contribution in [0.25, 0.3) is 0 Å². The average molecular weight is 401 g/mol. The molecule has 5 nitrogen and oxygen atoms in total. The van der Waals surface area contributed by atoms with Crippen molar-refractivity contribution in [1.29, 1.82) is 0 Å². The maximum atomic E-state index is 13.5. The summed E-state index contributed by atoms with van der Waals surface area (Å²) in [6.07, 6.45) is -3.74. The summed E-state index contributed by atoms with van der Waals surface area (Å²) in [4.78, 5) is 23.4. The molecule has 1 spiro atoms. The number of likely N-dealkylation sites (tertiary alicyclic amines) is 1. The van der Waals surface area contributed by atoms with Gasteiger partial charge in [-0.15, -0.1) is 0 Å². The van der Waals surface area contributed by atoms with Crippen LogP contribution in [0.15, 0.2) is 41.4 Å². The molecule has 1 amide bonds. The van der Waals surface area contributed by atoms with Gasteiger partial charge in [-0.3, -0.25) is 4.79 Å². The summed E-state index contributed by atoms with van der Waals surface area (Å²) < 4.78 is 40.4. The van der Waals surface area contributed by atoms with Gasteiger partial charge in [0.15, 0.2) is 0 Å². The van der Waals surface area contributed by atoms with Gasteiger partial charge in [-0.1, -0.05) is 24.3 Å². The summed E-state index contributed by atoms with van der Waals surface area (Å²) in [5.41, 5.74) is -0.147. The number of fused-ring (bicyclic) bond motifs is 4. The van der Waals surface area contributed by atoms with Gasteiger partial charge < -0.3 is 10.0 Å². The smallest absolute Gasteiger partial charge is 0.391 e. The Labute approximate surface area is 164 Å². The third kappa shape index (κ3) is 2.62. The normalized spacial score (nSPS) is 25.9. The second kappa shape index (κ2) is 6.13. The lowest BCUT2D eigenvalue weighted by atomic mass is 9.74. The predicted octanol–water partition coefficient (Wildman–Crippen LogP) is 2.69. The van der Waals surface area contributed by atoms with Gasteiger partial charge in [0.2, 0.25) is 0 Å². The third-order valence-corrected chi connectivity index (χ3v) is 6.11. The number of rotatable bonds is 0. The maximum Gasteiger partial charge on any atom is 0.433 e. The lowest BCUT2D eigenvalue weighted by Gasteiger charge is -2.35. The molecule has 1 fully saturated rings. The molecule has 0 bridgehead atoms. The van der Waals surface area contributed by atoms with E-state index in [0.29, 0.717) is 42.8 Å². The molecule has 1 saturated heterocycles. The minimum atomic E-state index is -4.62. The van der Waals surface area contributed by atoms with Crippen molar-refractivity contribution in [3.8, 4) is 0 Å². The van der Waals surface area contributed by atoms with Crippen molar-refractivity contribution in [3.05, 3.63) is 64.5 Å². The summed E-state index contributed by atoms with van der Waals surface area (Å²) in [6, 6.07) is 9.61. The molecular formula is C21H18F3N3O2. The largest absolute Gasteiger partial charge is 0.433 e. The highest BCUT2D eigenvalue weighted by atomic mass is 19.4. The topological polar surface area (TPSA) is 65.8 Å². The number of aliphatic imine (C=N–C) groups is 1. The highest BCUT2D eigenvalue weighted by Crippen LogP contribution is 2.48. The number of benzene rings is 1. The van der Waals surface area contributed by atoms with Crippen LogP contribution in [-0.4, -0.2) is 45.9 Å². The number of halogens is 3. The van der Waals surface area contributed by atoms with Crippen molar-refractivity contribution in [1.82, 2.24) is 9.88 Å². The molecule has 150 valence electrons. The van der Waals surface area contributed by atoms with E-state index in [1.807, 2.05) is 12.1 Å². The monoisotopic (exact) mass is 401 g/mol. The summed E-state index contributed by atoms with van der Waals surface area (Å²) in [6.45, 7) is 0.771. The molecule has 5 rings (SSSR count). The fourth-order valence-corrected chi connectivity index (χ4v) is 4.73. The molecule has 2 aliphatic heterocycles. The van der Waals surface area contributed by atoms with Gasteiger partial charge in [0.25, 0.3) is 5.91 Å². The number of alkyl halides is 3. The Hall–Kier alpha value is -2.74. The second-order valence-electron chi connectivity index (χ2n) is 7.78. The van der Waals surface area contributed by atoms with Crippen molar-refractivity contribution in [2.24, 2.45) is 4.99 Å². The van der Waals surface area contributed by atoms with Gasteiger partial charge in [-0.2, -0.15) is 18.2 Å². The fraction of sp³-hybridized carbons (Fsp3) is 0.381. The molecule has 2 atom stereocenters. The molecule has 1 aliphatic carbocycles. The fourth-order valence-electron chi connectivity index (χ4n) is 4.73. The summed E-state index contributed by atoms with van der Waals surface area (Å²) in [5.74, 6) is -0.184. The van der Waals surface area contributed by atoms with E-state index in [0.717, 1.165) is 11.6 Å². The number of aryl methyl sites for hydroxylation is 1. The zero-order chi connectivity index (χ0) is 20.4. The van der Waals surface area contributed by atoms with E-state index in [1.54, 1.807) is 17.0 Å². The molecule has 0 unspecified atom stereocenters. The van der Waals surface area contributed by atoms with Gasteiger partial charge >= 0.3 is 6.18 Å². The van der Waals surface area contributed by atoms with Crippen LogP contribution < -0.4 is 0 Å². The van der Waals surface area contributed by atoms with E-state index in [1.165, 1.54) is 6.07 Å². The van der Waals surface area contributed by atoms with Crippen molar-refractivity contribution in [3.63, 3.8) is 0 Å². The van der Waals surface area contributed by atoms with Crippen molar-refractivity contribution < 1.29 is 23.1 Å². The Morgan fingerprint density at radius 2 is 1.97 bits per heavy atom. The molecule has 2 aromatic rings. The summed E-state index contributed by atoms with van der Waals surface area (Å²) in [5, 5.41) is 9.88. The van der Waals surface area contributed by atoms with Crippen molar-refractivity contribution in [2.75, 3.05) is 13.1 Å². The number of amides is 1. The first-order chi connectivity index (χ1) is 13.8. The Balaban J connectivity index is 1.75. The number of hydrogen-bond donors (Lipinski definition) is 1. The molecule has 3 aliphatic rings. The number of aromatic nitrogens is 1. The lowest BCUT2D eigenvalue weighted by Crippen LogP contribution is -2.45. The molecule has 1 aromatic heterocycles. The van der Waals surface area contributed by atoms with Gasteiger partial charge in [-0.25, -0.2) is 4.98 Å². The Kier molecular flexibility index (Phi) is 3.87. The van der Waals surface area contributed by atoms with E-state index in [-0.39, 0.29) is 12.2 Å². The Morgan fingerprint density at radius 1 is 1.17 bits per heavy atom. The summed E-state index contributed by atoms with van der Waals surface area (Å²) >= 11 is 0. The van der Waals surface area contributed by atoms with Crippen LogP contribution in [-0.2, 0) is 22.8 Å². The van der Waals surface area contributed by atoms with Crippen molar-refractivity contribution >= 4 is 11.7 Å². The number of β-amino-alcohol motifs (C(OH)–C–C–N with tert-alkyl or cyclic N) is 1. The van der Waals surface area contributed by atoms with E-state index >= 15 is 0 Å². The van der Waals surface area contributed by atoms with Crippen LogP contribution in [0.4, 0.5) is 13.2 Å². The number of aliphatic hydroxyl groups excluding tert-OH is 1. The van der Waals surface area contributed by atoms with E-state index in [9.17, 15) is 23.1 Å². The van der Waals surface area contributed by atoms with Crippen LogP contribution in [0, 0.1) is 0 Å². The standard InChI is InChI=1S/C21H18F3N3O2/c22-21(23,24)16-6-5-14-17(25-16)20(9-7-12-3-1-2-4-15(12)20)19(29)26-18(14)27-10-8-13(28)11-27/h1-6,13,28H,7-11H2/t13-,20+/m1/s1. The minimum Gasteiger partial charge on any atom is -0.391 e. The first-order valence-electron chi connectivity index (χ1n) is 9.54. The molecule has 0 radical (unpaired) electrons. The average Bonchev–Trinajstić information content (AvgIpc) is 3.29. The lowest BCUT2D eigenvalue weighted by molar-refractivity contribution is -0.141. The molecule has 1 aromatic carbocycles. The van der Waals surface area contributed by atoms with Crippen LogP contribution in [0.3, 0.4) is 0 Å². The molecule has 8 heteroatoms. The molecule has 0 saturated carbocycles. The van der Waals surface area contributed by atoms with Crippen molar-refractivity contribution in [2.45, 2.75) is 37.0 Å². The van der Waals surface area contributed by atoms with Gasteiger partial charge in [-0.05, 0) is 42.5 Å². The van der Waals surface area contributed by atoms with E-state index in [2.05, 4.69) is 9.98 Å². The van der Waals surface area contributed by atoms with Crippen LogP contribution in [0.2, 0.25) is 0 Å².